The monoisotopic (exact) mass is 412 g/mol. The van der Waals surface area contributed by atoms with Crippen LogP contribution >= 0.6 is 0 Å². The number of nitrogens with zero attached hydrogens (tertiary/aromatic N) is 1. The number of rotatable bonds is 0. The van der Waals surface area contributed by atoms with Gasteiger partial charge in [0.25, 0.3) is 0 Å². The van der Waals surface area contributed by atoms with Crippen LogP contribution in [0.1, 0.15) is 11.1 Å². The number of fused-ring (bicyclic) bond motifs is 6. The summed E-state index contributed by atoms with van der Waals surface area (Å²) in [4.78, 5) is 3.66. The molecule has 0 radical (unpaired) electrons. The number of benzene rings is 2. The molecule has 1 aliphatic rings. The number of pyridine rings is 1. The van der Waals surface area contributed by atoms with Gasteiger partial charge < -0.3 is 29.0 Å². The van der Waals surface area contributed by atoms with Crippen molar-refractivity contribution >= 4 is 21.8 Å². The number of H-pyrrole nitrogens is 1. The van der Waals surface area contributed by atoms with Crippen LogP contribution in [0.4, 0.5) is 0 Å². The molecule has 0 atom stereocenters. The van der Waals surface area contributed by atoms with Crippen LogP contribution in [0, 0.1) is 0 Å². The van der Waals surface area contributed by atoms with E-state index in [4.69, 9.17) is 0 Å². The summed E-state index contributed by atoms with van der Waals surface area (Å²) in [5, 5.41) is 2.69. The Labute approximate surface area is 152 Å². The van der Waals surface area contributed by atoms with Crippen LogP contribution in [0.3, 0.4) is 0 Å². The van der Waals surface area contributed by atoms with E-state index in [0.717, 1.165) is 12.8 Å². The molecule has 0 saturated heterocycles. The van der Waals surface area contributed by atoms with Gasteiger partial charge in [-0.05, 0) is 36.6 Å². The summed E-state index contributed by atoms with van der Waals surface area (Å²) in [5.74, 6) is 0. The molecule has 0 saturated carbocycles. The van der Waals surface area contributed by atoms with Crippen LogP contribution in [0.2, 0.25) is 0 Å². The summed E-state index contributed by atoms with van der Waals surface area (Å²) in [7, 11) is 2.18. The van der Waals surface area contributed by atoms with Gasteiger partial charge in [0, 0.05) is 27.9 Å². The van der Waals surface area contributed by atoms with Gasteiger partial charge in [0.15, 0.2) is 0 Å². The zero-order valence-electron chi connectivity index (χ0n) is 12.9. The van der Waals surface area contributed by atoms with Crippen LogP contribution in [0.25, 0.3) is 33.2 Å². The Hall–Kier alpha value is -1.88. The molecule has 1 aliphatic carbocycles. The molecule has 114 valence electrons. The quantitative estimate of drug-likeness (QED) is 0.328. The number of aryl methyl sites for hydroxylation is 3. The first kappa shape index (κ1) is 14.7. The number of aromatic amines is 1. The summed E-state index contributed by atoms with van der Waals surface area (Å²) >= 11 is 0. The van der Waals surface area contributed by atoms with Gasteiger partial charge in [0.2, 0.25) is 11.2 Å². The lowest BCUT2D eigenvalue weighted by Gasteiger charge is -2.15. The van der Waals surface area contributed by atoms with Crippen molar-refractivity contribution in [2.45, 2.75) is 12.8 Å². The highest BCUT2D eigenvalue weighted by atomic mass is 127. The lowest BCUT2D eigenvalue weighted by atomic mass is 9.91. The number of aromatic nitrogens is 2. The second kappa shape index (κ2) is 5.34. The van der Waals surface area contributed by atoms with Gasteiger partial charge >= 0.3 is 0 Å². The minimum Gasteiger partial charge on any atom is -1.00 e. The van der Waals surface area contributed by atoms with Gasteiger partial charge in [0.05, 0.1) is 0 Å². The maximum absolute atomic E-state index is 3.66. The highest BCUT2D eigenvalue weighted by Crippen LogP contribution is 2.36. The zero-order valence-corrected chi connectivity index (χ0v) is 15.1. The van der Waals surface area contributed by atoms with Crippen LogP contribution in [0.5, 0.6) is 0 Å². The van der Waals surface area contributed by atoms with E-state index in [-0.39, 0.29) is 24.0 Å². The number of para-hydroxylation sites is 2. The second-order valence-corrected chi connectivity index (χ2v) is 6.16. The van der Waals surface area contributed by atoms with E-state index in [0.29, 0.717) is 0 Å². The van der Waals surface area contributed by atoms with Crippen molar-refractivity contribution in [1.29, 1.82) is 0 Å². The van der Waals surface area contributed by atoms with Crippen LogP contribution in [0.15, 0.2) is 54.6 Å². The van der Waals surface area contributed by atoms with E-state index in [9.17, 15) is 0 Å². The van der Waals surface area contributed by atoms with Gasteiger partial charge in [-0.25, -0.2) is 0 Å². The average molecular weight is 412 g/mol. The minimum absolute atomic E-state index is 0. The lowest BCUT2D eigenvalue weighted by molar-refractivity contribution is -0.634. The van der Waals surface area contributed by atoms with E-state index in [1.165, 1.54) is 44.3 Å². The minimum atomic E-state index is 0. The molecule has 2 aromatic heterocycles. The smallest absolute Gasteiger partial charge is 0.232 e. The molecule has 2 nitrogen and oxygen atoms in total. The fourth-order valence-electron chi connectivity index (χ4n) is 3.95. The largest absolute Gasteiger partial charge is 1.00 e. The Kier molecular flexibility index (Phi) is 3.41. The molecule has 0 spiro atoms. The number of halogens is 1. The Balaban J connectivity index is 0.00000135. The van der Waals surface area contributed by atoms with E-state index in [1.807, 2.05) is 0 Å². The van der Waals surface area contributed by atoms with Gasteiger partial charge in [-0.15, -0.1) is 0 Å². The first-order valence-corrected chi connectivity index (χ1v) is 7.83. The summed E-state index contributed by atoms with van der Waals surface area (Å²) in [6.07, 6.45) is 2.23. The Morgan fingerprint density at radius 1 is 0.957 bits per heavy atom. The number of hydrogen-bond donors (Lipinski definition) is 1. The van der Waals surface area contributed by atoms with Gasteiger partial charge in [0.1, 0.15) is 12.7 Å². The van der Waals surface area contributed by atoms with Crippen molar-refractivity contribution in [1.82, 2.24) is 4.98 Å². The van der Waals surface area contributed by atoms with Crippen molar-refractivity contribution in [2.24, 2.45) is 7.05 Å². The average Bonchev–Trinajstić information content (AvgIpc) is 2.93. The summed E-state index contributed by atoms with van der Waals surface area (Å²) in [6, 6.07) is 19.6. The molecule has 1 N–H and O–H groups in total. The standard InChI is InChI=1S/C20H16N2.HI/c1-22-18-9-5-2-6-13(18)12-14-10-11-16-15-7-3-4-8-17(15)21-19(16)20(14)22;/h2-9,12H,10-11H2,1H3;1H. The van der Waals surface area contributed by atoms with Crippen molar-refractivity contribution in [3.63, 3.8) is 0 Å². The third kappa shape index (κ3) is 2.02. The molecule has 2 aromatic carbocycles. The molecule has 3 heteroatoms. The maximum atomic E-state index is 3.66. The molecule has 2 heterocycles. The number of nitrogens with one attached hydrogen (secondary N) is 1. The molecule has 5 rings (SSSR count). The molecule has 0 bridgehead atoms. The SMILES string of the molecule is C[n+]1c2c(cc3ccccc31)CCc1c-2[nH]c2ccccc12.[I-]. The van der Waals surface area contributed by atoms with Crippen molar-refractivity contribution in [3.05, 3.63) is 65.7 Å². The molecule has 0 amide bonds. The molecule has 0 unspecified atom stereocenters. The highest BCUT2D eigenvalue weighted by Gasteiger charge is 2.28. The Morgan fingerprint density at radius 2 is 1.74 bits per heavy atom. The van der Waals surface area contributed by atoms with E-state index < -0.39 is 0 Å². The Bertz CT molecular complexity index is 1050. The fraction of sp³-hybridized carbons (Fsp3) is 0.150. The maximum Gasteiger partial charge on any atom is 0.232 e. The van der Waals surface area contributed by atoms with Crippen LogP contribution < -0.4 is 28.5 Å². The number of hydrogen-bond acceptors (Lipinski definition) is 0. The molecular weight excluding hydrogens is 395 g/mol. The topological polar surface area (TPSA) is 19.7 Å². The summed E-state index contributed by atoms with van der Waals surface area (Å²) in [6.45, 7) is 0. The molecule has 0 aliphatic heterocycles. The van der Waals surface area contributed by atoms with Gasteiger partial charge in [-0.3, -0.25) is 0 Å². The normalized spacial score (nSPS) is 12.7. The van der Waals surface area contributed by atoms with Gasteiger partial charge in [-0.1, -0.05) is 30.3 Å². The van der Waals surface area contributed by atoms with E-state index >= 15 is 0 Å². The van der Waals surface area contributed by atoms with Crippen molar-refractivity contribution in [3.8, 4) is 11.4 Å². The highest BCUT2D eigenvalue weighted by molar-refractivity contribution is 5.92. The third-order valence-electron chi connectivity index (χ3n) is 4.96. The lowest BCUT2D eigenvalue weighted by Crippen LogP contribution is -3.00. The van der Waals surface area contributed by atoms with Crippen LogP contribution in [-0.2, 0) is 19.9 Å². The first-order valence-electron chi connectivity index (χ1n) is 7.83. The molecule has 0 fully saturated rings. The first-order chi connectivity index (χ1) is 10.8. The predicted octanol–water partition coefficient (Wildman–Crippen LogP) is 0.915. The fourth-order valence-corrected chi connectivity index (χ4v) is 3.95. The molecule has 23 heavy (non-hydrogen) atoms. The van der Waals surface area contributed by atoms with E-state index in [1.54, 1.807) is 0 Å². The second-order valence-electron chi connectivity index (χ2n) is 6.16. The predicted molar refractivity (Wildman–Crippen MR) is 89.8 cm³/mol. The van der Waals surface area contributed by atoms with Gasteiger partial charge in [-0.2, -0.15) is 4.57 Å². The van der Waals surface area contributed by atoms with Crippen molar-refractivity contribution in [2.75, 3.05) is 0 Å². The summed E-state index contributed by atoms with van der Waals surface area (Å²) < 4.78 is 2.35. The summed E-state index contributed by atoms with van der Waals surface area (Å²) in [5.41, 5.74) is 8.09. The zero-order chi connectivity index (χ0) is 14.7. The van der Waals surface area contributed by atoms with Crippen molar-refractivity contribution < 1.29 is 28.5 Å². The molecular formula is C20H17IN2. The Morgan fingerprint density at radius 3 is 2.65 bits per heavy atom. The van der Waals surface area contributed by atoms with E-state index in [2.05, 4.69) is 71.2 Å². The van der Waals surface area contributed by atoms with Crippen LogP contribution in [-0.4, -0.2) is 4.98 Å². The molecule has 4 aromatic rings. The third-order valence-corrected chi connectivity index (χ3v) is 4.96.